The van der Waals surface area contributed by atoms with Crippen LogP contribution in [0.15, 0.2) is 17.5 Å². The molecule has 1 aromatic carbocycles. The number of hydrogen-bond acceptors (Lipinski definition) is 2. The molecule has 0 unspecified atom stereocenters. The maximum Gasteiger partial charge on any atom is 0.151 e. The fourth-order valence-corrected chi connectivity index (χ4v) is 3.78. The predicted octanol–water partition coefficient (Wildman–Crippen LogP) is 4.21. The molecule has 1 nitrogen and oxygen atoms in total. The first-order valence-corrected chi connectivity index (χ1v) is 7.05. The highest BCUT2D eigenvalue weighted by Crippen LogP contribution is 2.30. The number of carbonyl (C=O) groups excluding carboxylic acids is 1. The molecular weight excluding hydrogens is 375 g/mol. The molecule has 0 amide bonds. The van der Waals surface area contributed by atoms with Gasteiger partial charge in [0, 0.05) is 19.2 Å². The van der Waals surface area contributed by atoms with Gasteiger partial charge in [0.1, 0.15) is 0 Å². The van der Waals surface area contributed by atoms with Crippen molar-refractivity contribution < 1.29 is 4.79 Å². The van der Waals surface area contributed by atoms with Crippen molar-refractivity contribution in [3.63, 3.8) is 0 Å². The van der Waals surface area contributed by atoms with Gasteiger partial charge in [0.2, 0.25) is 0 Å². The van der Waals surface area contributed by atoms with Crippen molar-refractivity contribution in [2.45, 2.75) is 5.33 Å². The largest absolute Gasteiger partial charge is 0.298 e. The summed E-state index contributed by atoms with van der Waals surface area (Å²) in [7, 11) is 0. The Morgan fingerprint density at radius 1 is 1.50 bits per heavy atom. The van der Waals surface area contributed by atoms with Crippen LogP contribution in [0.2, 0.25) is 0 Å². The molecule has 0 aliphatic heterocycles. The third-order valence-corrected chi connectivity index (χ3v) is 4.58. The van der Waals surface area contributed by atoms with Crippen LogP contribution in [-0.4, -0.2) is 6.29 Å². The third-order valence-electron chi connectivity index (χ3n) is 2.04. The van der Waals surface area contributed by atoms with Crippen LogP contribution in [0.4, 0.5) is 0 Å². The van der Waals surface area contributed by atoms with Crippen molar-refractivity contribution in [2.75, 3.05) is 0 Å². The Morgan fingerprint density at radius 3 is 2.93 bits per heavy atom. The normalized spacial score (nSPS) is 10.7. The van der Waals surface area contributed by atoms with Crippen molar-refractivity contribution in [3.05, 3.63) is 32.2 Å². The number of aldehydes is 1. The molecule has 0 aliphatic rings. The van der Waals surface area contributed by atoms with Crippen LogP contribution in [0, 0.1) is 3.57 Å². The zero-order valence-electron chi connectivity index (χ0n) is 7.09. The summed E-state index contributed by atoms with van der Waals surface area (Å²) in [6.07, 6.45) is 0.914. The summed E-state index contributed by atoms with van der Waals surface area (Å²) in [5.41, 5.74) is 2.03. The molecule has 0 aliphatic carbocycles. The first-order valence-electron chi connectivity index (χ1n) is 3.97. The lowest BCUT2D eigenvalue weighted by Crippen LogP contribution is -1.85. The number of alkyl halides is 1. The van der Waals surface area contributed by atoms with Gasteiger partial charge in [-0.2, -0.15) is 0 Å². The minimum Gasteiger partial charge on any atom is -0.298 e. The van der Waals surface area contributed by atoms with Crippen LogP contribution in [0.1, 0.15) is 15.9 Å². The summed E-state index contributed by atoms with van der Waals surface area (Å²) < 4.78 is 2.27. The van der Waals surface area contributed by atoms with Crippen molar-refractivity contribution in [1.29, 1.82) is 0 Å². The molecule has 14 heavy (non-hydrogen) atoms. The van der Waals surface area contributed by atoms with Crippen molar-refractivity contribution >= 4 is 66.2 Å². The lowest BCUT2D eigenvalue weighted by atomic mass is 10.1. The summed E-state index contributed by atoms with van der Waals surface area (Å²) in [5.74, 6) is 0. The first kappa shape index (κ1) is 10.6. The zero-order valence-corrected chi connectivity index (χ0v) is 11.6. The van der Waals surface area contributed by atoms with Crippen LogP contribution in [0.5, 0.6) is 0 Å². The lowest BCUT2D eigenvalue weighted by molar-refractivity contribution is 0.112. The van der Waals surface area contributed by atoms with E-state index in [1.165, 1.54) is 15.6 Å². The third kappa shape index (κ3) is 1.75. The van der Waals surface area contributed by atoms with E-state index >= 15 is 0 Å². The number of thiophene rings is 1. The first-order chi connectivity index (χ1) is 6.76. The van der Waals surface area contributed by atoms with Crippen LogP contribution in [-0.2, 0) is 5.33 Å². The second-order valence-electron chi connectivity index (χ2n) is 2.88. The number of benzene rings is 1. The minimum atomic E-state index is 0.777. The Morgan fingerprint density at radius 2 is 2.29 bits per heavy atom. The quantitative estimate of drug-likeness (QED) is 0.433. The van der Waals surface area contributed by atoms with E-state index in [2.05, 4.69) is 50.0 Å². The average Bonchev–Trinajstić information content (AvgIpc) is 2.58. The van der Waals surface area contributed by atoms with Gasteiger partial charge in [-0.1, -0.05) is 15.9 Å². The molecule has 1 aromatic heterocycles. The molecule has 0 fully saturated rings. The SMILES string of the molecule is O=Cc1cc2c(CBr)csc2cc1I. The second-order valence-corrected chi connectivity index (χ2v) is 5.52. The van der Waals surface area contributed by atoms with Gasteiger partial charge in [0.25, 0.3) is 0 Å². The van der Waals surface area contributed by atoms with E-state index < -0.39 is 0 Å². The van der Waals surface area contributed by atoms with Crippen molar-refractivity contribution in [2.24, 2.45) is 0 Å². The molecule has 0 N–H and O–H groups in total. The van der Waals surface area contributed by atoms with Crippen LogP contribution < -0.4 is 0 Å². The number of hydrogen-bond donors (Lipinski definition) is 0. The highest BCUT2D eigenvalue weighted by molar-refractivity contribution is 14.1. The van der Waals surface area contributed by atoms with E-state index in [-0.39, 0.29) is 0 Å². The molecule has 2 rings (SSSR count). The van der Waals surface area contributed by atoms with Crippen molar-refractivity contribution in [3.8, 4) is 0 Å². The molecule has 72 valence electrons. The molecule has 0 spiro atoms. The van der Waals surface area contributed by atoms with E-state index in [1.807, 2.05) is 6.07 Å². The van der Waals surface area contributed by atoms with E-state index in [0.717, 1.165) is 20.7 Å². The summed E-state index contributed by atoms with van der Waals surface area (Å²) in [6, 6.07) is 4.04. The molecule has 0 saturated carbocycles. The summed E-state index contributed by atoms with van der Waals surface area (Å²) >= 11 is 7.35. The van der Waals surface area contributed by atoms with Crippen LogP contribution in [0.3, 0.4) is 0 Å². The minimum absolute atomic E-state index is 0.777. The maximum atomic E-state index is 10.8. The summed E-state index contributed by atoms with van der Waals surface area (Å²) in [6.45, 7) is 0. The number of carbonyl (C=O) groups is 1. The van der Waals surface area contributed by atoms with Gasteiger partial charge < -0.3 is 0 Å². The highest BCUT2D eigenvalue weighted by Gasteiger charge is 2.06. The van der Waals surface area contributed by atoms with Crippen LogP contribution >= 0.6 is 49.9 Å². The van der Waals surface area contributed by atoms with Gasteiger partial charge in [0.05, 0.1) is 0 Å². The van der Waals surface area contributed by atoms with E-state index in [1.54, 1.807) is 11.3 Å². The van der Waals surface area contributed by atoms with Gasteiger partial charge >= 0.3 is 0 Å². The van der Waals surface area contributed by atoms with Gasteiger partial charge in [-0.15, -0.1) is 11.3 Å². The van der Waals surface area contributed by atoms with E-state index in [9.17, 15) is 4.79 Å². The smallest absolute Gasteiger partial charge is 0.151 e. The Hall–Kier alpha value is 0.0600. The molecule has 0 radical (unpaired) electrons. The number of fused-ring (bicyclic) bond motifs is 1. The van der Waals surface area contributed by atoms with E-state index in [0.29, 0.717) is 0 Å². The molecule has 1 heterocycles. The Balaban J connectivity index is 2.76. The molecule has 4 heteroatoms. The zero-order chi connectivity index (χ0) is 10.1. The molecule has 2 aromatic rings. The van der Waals surface area contributed by atoms with Gasteiger partial charge in [-0.05, 0) is 51.1 Å². The summed E-state index contributed by atoms with van der Waals surface area (Å²) in [5, 5.41) is 4.16. The molecule has 0 atom stereocenters. The fraction of sp³-hybridized carbons (Fsp3) is 0.100. The standard InChI is InChI=1S/C10H6BrIOS/c11-3-7-5-14-10-2-9(12)6(4-13)1-8(7)10/h1-2,4-5H,3H2. The topological polar surface area (TPSA) is 17.1 Å². The van der Waals surface area contributed by atoms with Crippen molar-refractivity contribution in [1.82, 2.24) is 0 Å². The fourth-order valence-electron chi connectivity index (χ4n) is 1.31. The number of halogens is 2. The predicted molar refractivity (Wildman–Crippen MR) is 72.6 cm³/mol. The Bertz CT molecular complexity index is 492. The molecular formula is C10H6BrIOS. The second kappa shape index (κ2) is 4.28. The Kier molecular flexibility index (Phi) is 3.23. The Labute approximate surface area is 108 Å². The molecule has 0 bridgehead atoms. The highest BCUT2D eigenvalue weighted by atomic mass is 127. The summed E-state index contributed by atoms with van der Waals surface area (Å²) in [4.78, 5) is 10.8. The average molecular weight is 381 g/mol. The number of rotatable bonds is 2. The van der Waals surface area contributed by atoms with Gasteiger partial charge in [-0.25, -0.2) is 0 Å². The van der Waals surface area contributed by atoms with Gasteiger partial charge in [-0.3, -0.25) is 4.79 Å². The van der Waals surface area contributed by atoms with Gasteiger partial charge in [0.15, 0.2) is 6.29 Å². The maximum absolute atomic E-state index is 10.8. The lowest BCUT2D eigenvalue weighted by Gasteiger charge is -1.98. The monoisotopic (exact) mass is 380 g/mol. The van der Waals surface area contributed by atoms with E-state index in [4.69, 9.17) is 0 Å². The van der Waals surface area contributed by atoms with Crippen LogP contribution in [0.25, 0.3) is 10.1 Å². The molecule has 0 saturated heterocycles.